The molecule has 0 bridgehead atoms. The number of hydrogen-bond acceptors (Lipinski definition) is 2. The van der Waals surface area contributed by atoms with Gasteiger partial charge in [-0.1, -0.05) is 18.2 Å². The molecule has 1 heterocycles. The zero-order chi connectivity index (χ0) is 8.97. The van der Waals surface area contributed by atoms with Crippen molar-refractivity contribution < 1.29 is 4.42 Å². The zero-order valence-electron chi connectivity index (χ0n) is 7.24. The molecule has 1 aromatic rings. The average molecular weight is 180 g/mol. The molecule has 1 nitrogen and oxygen atoms in total. The molecule has 12 heavy (non-hydrogen) atoms. The molecule has 0 radical (unpaired) electrons. The third-order valence-electron chi connectivity index (χ3n) is 1.44. The minimum Gasteiger partial charge on any atom is -0.450 e. The largest absolute Gasteiger partial charge is 0.450 e. The van der Waals surface area contributed by atoms with Gasteiger partial charge in [0.2, 0.25) is 0 Å². The van der Waals surface area contributed by atoms with Gasteiger partial charge in [0.1, 0.15) is 5.76 Å². The van der Waals surface area contributed by atoms with Crippen LogP contribution in [-0.2, 0) is 0 Å². The summed E-state index contributed by atoms with van der Waals surface area (Å²) < 4.78 is 5.33. The van der Waals surface area contributed by atoms with E-state index in [2.05, 4.69) is 12.6 Å². The molecular formula is C10H12OS. The summed E-state index contributed by atoms with van der Waals surface area (Å²) in [5.41, 5.74) is 1.07. The molecule has 0 N–H and O–H groups in total. The molecule has 1 aromatic heterocycles. The Hall–Kier alpha value is -0.890. The molecule has 0 unspecified atom stereocenters. The van der Waals surface area contributed by atoms with Crippen LogP contribution in [-0.4, -0.2) is 0 Å². The minimum atomic E-state index is 0.649. The maximum absolute atomic E-state index is 5.33. The van der Waals surface area contributed by atoms with Gasteiger partial charge in [-0.05, 0) is 26.0 Å². The molecule has 0 saturated heterocycles. The van der Waals surface area contributed by atoms with Crippen LogP contribution in [0.2, 0.25) is 0 Å². The Balaban J connectivity index is 3.07. The Labute approximate surface area is 78.2 Å². The smallest absolute Gasteiger partial charge is 0.158 e. The second kappa shape index (κ2) is 4.21. The standard InChI is InChI=1S/C10H12OS/c1-3-5-8-7-10(12)11-9(8)6-4-2/h3-7,12H,1-2H3. The average Bonchev–Trinajstić information content (AvgIpc) is 2.33. The van der Waals surface area contributed by atoms with E-state index in [1.807, 2.05) is 44.2 Å². The summed E-state index contributed by atoms with van der Waals surface area (Å²) in [7, 11) is 0. The molecule has 0 aromatic carbocycles. The molecule has 0 aliphatic rings. The van der Waals surface area contributed by atoms with Crippen LogP contribution in [0.3, 0.4) is 0 Å². The fourth-order valence-electron chi connectivity index (χ4n) is 0.997. The predicted molar refractivity (Wildman–Crippen MR) is 55.4 cm³/mol. The van der Waals surface area contributed by atoms with Gasteiger partial charge in [-0.15, -0.1) is 12.6 Å². The third kappa shape index (κ3) is 2.05. The Kier molecular flexibility index (Phi) is 3.23. The Morgan fingerprint density at radius 2 is 1.92 bits per heavy atom. The molecule has 64 valence electrons. The van der Waals surface area contributed by atoms with Gasteiger partial charge in [0.05, 0.1) is 0 Å². The Bertz CT molecular complexity index is 278. The van der Waals surface area contributed by atoms with E-state index >= 15 is 0 Å². The number of rotatable bonds is 2. The van der Waals surface area contributed by atoms with Gasteiger partial charge in [0.15, 0.2) is 5.09 Å². The van der Waals surface area contributed by atoms with Gasteiger partial charge >= 0.3 is 0 Å². The SMILES string of the molecule is CC=Cc1cc(S)oc1C=CC. The summed E-state index contributed by atoms with van der Waals surface area (Å²) in [6.45, 7) is 3.94. The van der Waals surface area contributed by atoms with Crippen LogP contribution in [0.5, 0.6) is 0 Å². The van der Waals surface area contributed by atoms with Crippen molar-refractivity contribution in [1.29, 1.82) is 0 Å². The van der Waals surface area contributed by atoms with E-state index < -0.39 is 0 Å². The first-order valence-corrected chi connectivity index (χ1v) is 4.31. The van der Waals surface area contributed by atoms with E-state index in [1.165, 1.54) is 0 Å². The van der Waals surface area contributed by atoms with Crippen LogP contribution in [0.1, 0.15) is 25.2 Å². The molecule has 0 amide bonds. The second-order valence-electron chi connectivity index (χ2n) is 2.40. The molecular weight excluding hydrogens is 168 g/mol. The van der Waals surface area contributed by atoms with E-state index in [4.69, 9.17) is 4.42 Å². The monoisotopic (exact) mass is 180 g/mol. The quantitative estimate of drug-likeness (QED) is 0.686. The molecule has 2 heteroatoms. The van der Waals surface area contributed by atoms with Crippen LogP contribution in [0.4, 0.5) is 0 Å². The topological polar surface area (TPSA) is 13.1 Å². The molecule has 0 spiro atoms. The molecule has 0 aliphatic carbocycles. The highest BCUT2D eigenvalue weighted by Crippen LogP contribution is 2.20. The summed E-state index contributed by atoms with van der Waals surface area (Å²) in [4.78, 5) is 0. The van der Waals surface area contributed by atoms with Crippen LogP contribution in [0.25, 0.3) is 12.2 Å². The van der Waals surface area contributed by atoms with Gasteiger partial charge < -0.3 is 4.42 Å². The number of allylic oxidation sites excluding steroid dienone is 2. The summed E-state index contributed by atoms with van der Waals surface area (Å²) in [5.74, 6) is 0.862. The van der Waals surface area contributed by atoms with E-state index in [0.717, 1.165) is 11.3 Å². The van der Waals surface area contributed by atoms with Crippen LogP contribution in [0, 0.1) is 0 Å². The molecule has 0 atom stereocenters. The lowest BCUT2D eigenvalue weighted by Crippen LogP contribution is -1.68. The van der Waals surface area contributed by atoms with E-state index in [-0.39, 0.29) is 0 Å². The number of thiol groups is 1. The van der Waals surface area contributed by atoms with Crippen molar-refractivity contribution in [1.82, 2.24) is 0 Å². The summed E-state index contributed by atoms with van der Waals surface area (Å²) in [6, 6.07) is 1.90. The van der Waals surface area contributed by atoms with E-state index in [9.17, 15) is 0 Å². The van der Waals surface area contributed by atoms with E-state index in [0.29, 0.717) is 5.09 Å². The maximum atomic E-state index is 5.33. The van der Waals surface area contributed by atoms with Crippen molar-refractivity contribution >= 4 is 24.8 Å². The van der Waals surface area contributed by atoms with Crippen molar-refractivity contribution in [2.45, 2.75) is 18.9 Å². The molecule has 0 fully saturated rings. The van der Waals surface area contributed by atoms with Crippen LogP contribution < -0.4 is 0 Å². The van der Waals surface area contributed by atoms with E-state index in [1.54, 1.807) is 0 Å². The fraction of sp³-hybridized carbons (Fsp3) is 0.200. The zero-order valence-corrected chi connectivity index (χ0v) is 8.14. The Morgan fingerprint density at radius 3 is 2.50 bits per heavy atom. The van der Waals surface area contributed by atoms with Gasteiger partial charge in [-0.2, -0.15) is 0 Å². The van der Waals surface area contributed by atoms with Crippen molar-refractivity contribution in [3.8, 4) is 0 Å². The number of furan rings is 1. The first-order valence-electron chi connectivity index (χ1n) is 3.86. The predicted octanol–water partition coefficient (Wildman–Crippen LogP) is 3.63. The van der Waals surface area contributed by atoms with Gasteiger partial charge in [0, 0.05) is 5.56 Å². The lowest BCUT2D eigenvalue weighted by Gasteiger charge is -1.87. The van der Waals surface area contributed by atoms with Gasteiger partial charge in [-0.25, -0.2) is 0 Å². The first kappa shape index (κ1) is 9.20. The Morgan fingerprint density at radius 1 is 1.25 bits per heavy atom. The highest BCUT2D eigenvalue weighted by atomic mass is 32.1. The van der Waals surface area contributed by atoms with Crippen LogP contribution >= 0.6 is 12.6 Å². The van der Waals surface area contributed by atoms with Gasteiger partial charge in [-0.3, -0.25) is 0 Å². The molecule has 0 aliphatic heterocycles. The lowest BCUT2D eigenvalue weighted by atomic mass is 10.2. The minimum absolute atomic E-state index is 0.649. The highest BCUT2D eigenvalue weighted by Gasteiger charge is 2.01. The molecule has 1 rings (SSSR count). The van der Waals surface area contributed by atoms with Crippen LogP contribution in [0.15, 0.2) is 27.7 Å². The van der Waals surface area contributed by atoms with Gasteiger partial charge in [0.25, 0.3) is 0 Å². The summed E-state index contributed by atoms with van der Waals surface area (Å²) in [5, 5.41) is 0.649. The van der Waals surface area contributed by atoms with Crippen molar-refractivity contribution in [2.75, 3.05) is 0 Å². The van der Waals surface area contributed by atoms with Crippen molar-refractivity contribution in [3.63, 3.8) is 0 Å². The fourth-order valence-corrected chi connectivity index (χ4v) is 1.23. The first-order chi connectivity index (χ1) is 5.77. The maximum Gasteiger partial charge on any atom is 0.158 e. The summed E-state index contributed by atoms with van der Waals surface area (Å²) in [6.07, 6.45) is 7.84. The second-order valence-corrected chi connectivity index (χ2v) is 2.85. The third-order valence-corrected chi connectivity index (χ3v) is 1.66. The van der Waals surface area contributed by atoms with Crippen molar-refractivity contribution in [2.24, 2.45) is 0 Å². The van der Waals surface area contributed by atoms with Crippen molar-refractivity contribution in [3.05, 3.63) is 29.5 Å². The lowest BCUT2D eigenvalue weighted by molar-refractivity contribution is 0.468. The molecule has 0 saturated carbocycles. The summed E-state index contributed by atoms with van der Waals surface area (Å²) >= 11 is 4.13. The number of hydrogen-bond donors (Lipinski definition) is 1. The highest BCUT2D eigenvalue weighted by molar-refractivity contribution is 7.80. The normalized spacial score (nSPS) is 11.9.